The number of carbonyl (C=O) groups is 3. The summed E-state index contributed by atoms with van der Waals surface area (Å²) in [6.45, 7) is 3.48. The molecule has 3 aromatic carbocycles. The molecule has 1 unspecified atom stereocenters. The van der Waals surface area contributed by atoms with E-state index in [4.69, 9.17) is 31.5 Å². The first kappa shape index (κ1) is 34.4. The molecule has 0 spiro atoms. The number of halogens is 1. The van der Waals surface area contributed by atoms with Crippen LogP contribution in [0, 0.1) is 0 Å². The molecule has 0 aliphatic carbocycles. The molecule has 14 heteroatoms. The molecular weight excluding hydrogens is 636 g/mol. The van der Waals surface area contributed by atoms with E-state index >= 15 is 0 Å². The Morgan fingerprint density at radius 2 is 1.70 bits per heavy atom. The lowest BCUT2D eigenvalue weighted by atomic mass is 10.0. The fourth-order valence-corrected chi connectivity index (χ4v) is 6.81. The topological polar surface area (TPSA) is 166 Å². The normalized spacial score (nSPS) is 15.3. The van der Waals surface area contributed by atoms with E-state index in [9.17, 15) is 22.8 Å². The summed E-state index contributed by atoms with van der Waals surface area (Å²) < 4.78 is 42.7. The monoisotopic (exact) mass is 672 g/mol. The predicted octanol–water partition coefficient (Wildman–Crippen LogP) is 5.33. The van der Waals surface area contributed by atoms with Crippen molar-refractivity contribution in [2.75, 3.05) is 38.5 Å². The van der Waals surface area contributed by atoms with Gasteiger partial charge in [0.15, 0.2) is 21.3 Å². The molecule has 0 radical (unpaired) electrons. The Morgan fingerprint density at radius 3 is 2.33 bits per heavy atom. The molecule has 3 amide bonds. The smallest absolute Gasteiger partial charge is 0.411 e. The van der Waals surface area contributed by atoms with Crippen molar-refractivity contribution >= 4 is 50.7 Å². The molecule has 246 valence electrons. The van der Waals surface area contributed by atoms with Gasteiger partial charge in [0.1, 0.15) is 6.04 Å². The maximum absolute atomic E-state index is 14.6. The molecule has 0 bridgehead atoms. The minimum Gasteiger partial charge on any atom is -0.493 e. The van der Waals surface area contributed by atoms with Crippen molar-refractivity contribution in [2.45, 2.75) is 48.9 Å². The van der Waals surface area contributed by atoms with Crippen LogP contribution < -0.4 is 25.8 Å². The van der Waals surface area contributed by atoms with Gasteiger partial charge in [-0.2, -0.15) is 0 Å². The highest BCUT2D eigenvalue weighted by atomic mass is 35.5. The maximum atomic E-state index is 14.6. The van der Waals surface area contributed by atoms with E-state index in [-0.39, 0.29) is 21.2 Å². The highest BCUT2D eigenvalue weighted by molar-refractivity contribution is 7.92. The molecule has 1 aliphatic rings. The van der Waals surface area contributed by atoms with E-state index in [1.54, 1.807) is 43.0 Å². The molecule has 1 fully saturated rings. The molecule has 2 atom stereocenters. The lowest BCUT2D eigenvalue weighted by molar-refractivity contribution is -0.133. The first-order valence-corrected chi connectivity index (χ1v) is 16.4. The van der Waals surface area contributed by atoms with Gasteiger partial charge < -0.3 is 30.2 Å². The molecule has 1 heterocycles. The number of ether oxygens (including phenoxy) is 3. The number of methoxy groups -OCH3 is 3. The molecule has 46 heavy (non-hydrogen) atoms. The summed E-state index contributed by atoms with van der Waals surface area (Å²) in [7, 11) is 0.398. The van der Waals surface area contributed by atoms with Crippen molar-refractivity contribution in [1.29, 1.82) is 0 Å². The Labute approximate surface area is 273 Å². The van der Waals surface area contributed by atoms with Crippen molar-refractivity contribution in [3.63, 3.8) is 0 Å². The quantitative estimate of drug-likeness (QED) is 0.244. The number of nitrogens with one attached hydrogen (secondary N) is 2. The Hall–Kier alpha value is -4.49. The standard InChI is InChI=1S/C32H37ClN4O8S/c1-18(2)46(41,42)28-13-10-21(35-32(40)45-5)17-22(28)25-7-6-14-37(25)31(39)29(19-9-12-26(43-3)27(16-19)44-4)36-24-15-20(30(34)38)8-11-23(24)33/h8-13,15-18,25,29,36H,6-7,14H2,1-5H3,(H2,34,38)(H,35,40)/t25?,29-/m1/s1. The molecule has 1 aliphatic heterocycles. The minimum atomic E-state index is -3.79. The van der Waals surface area contributed by atoms with Crippen LogP contribution in [0.1, 0.15) is 60.3 Å². The SMILES string of the molecule is COC(=O)Nc1ccc(S(=O)(=O)C(C)C)c(C2CCCN2C(=O)[C@H](Nc2cc(C(N)=O)ccc2Cl)c2ccc(OC)c(OC)c2)c1. The van der Waals surface area contributed by atoms with Crippen molar-refractivity contribution in [2.24, 2.45) is 5.73 Å². The molecule has 1 saturated heterocycles. The van der Waals surface area contributed by atoms with Gasteiger partial charge in [-0.05, 0) is 86.3 Å². The largest absolute Gasteiger partial charge is 0.493 e. The van der Waals surface area contributed by atoms with Gasteiger partial charge in [0.2, 0.25) is 11.8 Å². The number of hydrogen-bond acceptors (Lipinski definition) is 9. The van der Waals surface area contributed by atoms with Crippen molar-refractivity contribution in [1.82, 2.24) is 4.90 Å². The van der Waals surface area contributed by atoms with Crippen LogP contribution in [-0.2, 0) is 19.4 Å². The van der Waals surface area contributed by atoms with Crippen LogP contribution in [0.5, 0.6) is 11.5 Å². The summed E-state index contributed by atoms with van der Waals surface area (Å²) >= 11 is 6.50. The average Bonchev–Trinajstić information content (AvgIpc) is 3.53. The van der Waals surface area contributed by atoms with Gasteiger partial charge in [-0.3, -0.25) is 14.9 Å². The minimum absolute atomic E-state index is 0.0652. The zero-order valence-electron chi connectivity index (χ0n) is 26.1. The van der Waals surface area contributed by atoms with Crippen LogP contribution in [-0.4, -0.2) is 64.3 Å². The maximum Gasteiger partial charge on any atom is 0.411 e. The Bertz CT molecular complexity index is 1750. The van der Waals surface area contributed by atoms with E-state index in [1.807, 2.05) is 0 Å². The number of carbonyl (C=O) groups excluding carboxylic acids is 3. The van der Waals surface area contributed by atoms with Crippen LogP contribution in [0.2, 0.25) is 5.02 Å². The van der Waals surface area contributed by atoms with Gasteiger partial charge in [0.05, 0.1) is 48.2 Å². The van der Waals surface area contributed by atoms with E-state index in [0.717, 1.165) is 0 Å². The third-order valence-corrected chi connectivity index (χ3v) is 10.4. The fraction of sp³-hybridized carbons (Fsp3) is 0.344. The third-order valence-electron chi connectivity index (χ3n) is 7.80. The zero-order valence-corrected chi connectivity index (χ0v) is 27.7. The van der Waals surface area contributed by atoms with E-state index in [2.05, 4.69) is 10.6 Å². The van der Waals surface area contributed by atoms with Gasteiger partial charge in [0, 0.05) is 17.8 Å². The van der Waals surface area contributed by atoms with Crippen LogP contribution in [0.4, 0.5) is 16.2 Å². The number of likely N-dealkylation sites (tertiary alicyclic amines) is 1. The van der Waals surface area contributed by atoms with Gasteiger partial charge >= 0.3 is 6.09 Å². The van der Waals surface area contributed by atoms with Crippen molar-refractivity contribution in [3.05, 3.63) is 76.3 Å². The van der Waals surface area contributed by atoms with Gasteiger partial charge in [0.25, 0.3) is 0 Å². The van der Waals surface area contributed by atoms with Crippen LogP contribution >= 0.6 is 11.6 Å². The second-order valence-electron chi connectivity index (χ2n) is 10.9. The third kappa shape index (κ3) is 7.15. The number of benzene rings is 3. The highest BCUT2D eigenvalue weighted by Gasteiger charge is 2.38. The number of rotatable bonds is 11. The van der Waals surface area contributed by atoms with Crippen molar-refractivity contribution in [3.8, 4) is 11.5 Å². The van der Waals surface area contributed by atoms with Gasteiger partial charge in [-0.25, -0.2) is 13.2 Å². The zero-order chi connectivity index (χ0) is 33.8. The summed E-state index contributed by atoms with van der Waals surface area (Å²) in [4.78, 5) is 40.3. The first-order valence-electron chi connectivity index (χ1n) is 14.4. The van der Waals surface area contributed by atoms with E-state index in [1.165, 1.54) is 51.7 Å². The second kappa shape index (κ2) is 14.3. The molecule has 3 aromatic rings. The number of hydrogen-bond donors (Lipinski definition) is 3. The molecular formula is C32H37ClN4O8S. The Balaban J connectivity index is 1.85. The average molecular weight is 673 g/mol. The highest BCUT2D eigenvalue weighted by Crippen LogP contribution is 2.41. The molecule has 4 rings (SSSR count). The lowest BCUT2D eigenvalue weighted by Gasteiger charge is -2.32. The predicted molar refractivity (Wildman–Crippen MR) is 174 cm³/mol. The number of amides is 3. The summed E-state index contributed by atoms with van der Waals surface area (Å²) in [5.41, 5.74) is 7.15. The summed E-state index contributed by atoms with van der Waals surface area (Å²) in [6, 6.07) is 12.2. The number of sulfone groups is 1. The van der Waals surface area contributed by atoms with E-state index < -0.39 is 45.1 Å². The fourth-order valence-electron chi connectivity index (χ4n) is 5.35. The summed E-state index contributed by atoms with van der Waals surface area (Å²) in [6.07, 6.45) is 0.325. The summed E-state index contributed by atoms with van der Waals surface area (Å²) in [5.74, 6) is -0.243. The van der Waals surface area contributed by atoms with Crippen LogP contribution in [0.15, 0.2) is 59.5 Å². The number of anilines is 2. The van der Waals surface area contributed by atoms with Gasteiger partial charge in [-0.1, -0.05) is 17.7 Å². The number of nitrogens with zero attached hydrogens (tertiary/aromatic N) is 1. The Morgan fingerprint density at radius 1 is 0.978 bits per heavy atom. The molecule has 0 aromatic heterocycles. The summed E-state index contributed by atoms with van der Waals surface area (Å²) in [5, 5.41) is 5.27. The van der Waals surface area contributed by atoms with Crippen molar-refractivity contribution < 1.29 is 37.0 Å². The second-order valence-corrected chi connectivity index (χ2v) is 13.8. The molecule has 12 nitrogen and oxygen atoms in total. The first-order chi connectivity index (χ1) is 21.8. The van der Waals surface area contributed by atoms with Gasteiger partial charge in [-0.15, -0.1) is 0 Å². The number of nitrogens with two attached hydrogens (primary N) is 1. The molecule has 0 saturated carbocycles. The van der Waals surface area contributed by atoms with Crippen LogP contribution in [0.3, 0.4) is 0 Å². The number of primary amides is 1. The van der Waals surface area contributed by atoms with E-state index in [0.29, 0.717) is 47.7 Å². The van der Waals surface area contributed by atoms with Crippen LogP contribution in [0.25, 0.3) is 0 Å². The Kier molecular flexibility index (Phi) is 10.7. The molecule has 4 N–H and O–H groups in total. The lowest BCUT2D eigenvalue weighted by Crippen LogP contribution is -2.38.